The van der Waals surface area contributed by atoms with Gasteiger partial charge in [0.15, 0.2) is 9.84 Å². The van der Waals surface area contributed by atoms with Gasteiger partial charge in [-0.05, 0) is 50.6 Å². The summed E-state index contributed by atoms with van der Waals surface area (Å²) in [5, 5.41) is 9.99. The summed E-state index contributed by atoms with van der Waals surface area (Å²) in [6.07, 6.45) is 0. The largest absolute Gasteiger partial charge is 0.386 e. The van der Waals surface area contributed by atoms with Gasteiger partial charge in [0.25, 0.3) is 0 Å². The molecule has 1 aliphatic heterocycles. The second-order valence-corrected chi connectivity index (χ2v) is 11.6. The molecular weight excluding hydrogens is 425 g/mol. The van der Waals surface area contributed by atoms with E-state index in [1.165, 1.54) is 11.3 Å². The van der Waals surface area contributed by atoms with Gasteiger partial charge in [0.2, 0.25) is 0 Å². The fraction of sp³-hybridized carbons (Fsp3) is 0.333. The van der Waals surface area contributed by atoms with Gasteiger partial charge in [-0.3, -0.25) is 4.99 Å². The normalized spacial score (nSPS) is 23.5. The van der Waals surface area contributed by atoms with Crippen LogP contribution in [-0.4, -0.2) is 24.8 Å². The molecule has 142 valence electrons. The van der Waals surface area contributed by atoms with Gasteiger partial charge in [-0.15, -0.1) is 11.3 Å². The second kappa shape index (κ2) is 6.49. The average Bonchev–Trinajstić information content (AvgIpc) is 2.95. The molecule has 2 heterocycles. The van der Waals surface area contributed by atoms with Crippen molar-refractivity contribution in [2.45, 2.75) is 31.1 Å². The molecule has 0 amide bonds. The monoisotopic (exact) mass is 441 g/mol. The van der Waals surface area contributed by atoms with Gasteiger partial charge in [-0.25, -0.2) is 8.42 Å². The van der Waals surface area contributed by atoms with Gasteiger partial charge in [-0.1, -0.05) is 23.2 Å². The maximum atomic E-state index is 12.8. The van der Waals surface area contributed by atoms with E-state index in [1.54, 1.807) is 45.0 Å². The predicted molar refractivity (Wildman–Crippen MR) is 111 cm³/mol. The first-order chi connectivity index (χ1) is 12.4. The van der Waals surface area contributed by atoms with E-state index in [0.717, 1.165) is 10.4 Å². The van der Waals surface area contributed by atoms with Crippen LogP contribution in [0.5, 0.6) is 0 Å². The zero-order valence-corrected chi connectivity index (χ0v) is 18.0. The van der Waals surface area contributed by atoms with Crippen molar-refractivity contribution in [3.63, 3.8) is 0 Å². The number of nitrogens with zero attached hydrogens (tertiary/aromatic N) is 2. The number of benzene rings is 1. The number of halogens is 2. The first kappa shape index (κ1) is 20.2. The third-order valence-corrected chi connectivity index (χ3v) is 9.49. The first-order valence-corrected chi connectivity index (χ1v) is 11.2. The summed E-state index contributed by atoms with van der Waals surface area (Å²) in [5.41, 5.74) is 6.09. The Morgan fingerprint density at radius 2 is 1.89 bits per heavy atom. The highest BCUT2D eigenvalue weighted by atomic mass is 35.5. The summed E-state index contributed by atoms with van der Waals surface area (Å²) in [6, 6.07) is 8.81. The molecule has 0 radical (unpaired) electrons. The maximum Gasteiger partial charge on any atom is 0.165 e. The molecule has 2 N–H and O–H groups in total. The molecule has 3 rings (SSSR count). The van der Waals surface area contributed by atoms with Gasteiger partial charge in [0, 0.05) is 9.90 Å². The van der Waals surface area contributed by atoms with Crippen molar-refractivity contribution in [2.24, 2.45) is 10.7 Å². The van der Waals surface area contributed by atoms with Crippen LogP contribution in [-0.2, 0) is 15.4 Å². The Kier molecular flexibility index (Phi) is 4.84. The van der Waals surface area contributed by atoms with E-state index in [-0.39, 0.29) is 11.6 Å². The molecule has 1 aliphatic rings. The molecule has 0 saturated carbocycles. The van der Waals surface area contributed by atoms with Gasteiger partial charge in [0.05, 0.1) is 27.3 Å². The topological polar surface area (TPSA) is 96.3 Å². The average molecular weight is 442 g/mol. The highest BCUT2D eigenvalue weighted by molar-refractivity contribution is 7.93. The zero-order chi connectivity index (χ0) is 20.2. The van der Waals surface area contributed by atoms with Gasteiger partial charge in [-0.2, -0.15) is 5.26 Å². The minimum absolute atomic E-state index is 0.0665. The van der Waals surface area contributed by atoms with E-state index in [4.69, 9.17) is 34.2 Å². The number of nitrogens with two attached hydrogens (primary N) is 1. The van der Waals surface area contributed by atoms with E-state index < -0.39 is 20.1 Å². The predicted octanol–water partition coefficient (Wildman–Crippen LogP) is 4.37. The van der Waals surface area contributed by atoms with Crippen LogP contribution in [0.15, 0.2) is 29.3 Å². The van der Waals surface area contributed by atoms with E-state index in [2.05, 4.69) is 11.1 Å². The summed E-state index contributed by atoms with van der Waals surface area (Å²) in [4.78, 5) is 5.90. The molecule has 0 bridgehead atoms. The molecule has 27 heavy (non-hydrogen) atoms. The Morgan fingerprint density at radius 1 is 1.22 bits per heavy atom. The second-order valence-electron chi connectivity index (χ2n) is 7.17. The van der Waals surface area contributed by atoms with Crippen molar-refractivity contribution in [2.75, 3.05) is 5.75 Å². The highest BCUT2D eigenvalue weighted by Gasteiger charge is 2.49. The fourth-order valence-electron chi connectivity index (χ4n) is 2.93. The Balaban J connectivity index is 2.15. The van der Waals surface area contributed by atoms with Crippen molar-refractivity contribution in [3.8, 4) is 16.5 Å². The van der Waals surface area contributed by atoms with Crippen molar-refractivity contribution in [1.29, 1.82) is 5.26 Å². The number of hydrogen-bond donors (Lipinski definition) is 1. The maximum absolute atomic E-state index is 12.8. The summed E-state index contributed by atoms with van der Waals surface area (Å²) in [7, 11) is -3.53. The smallest absolute Gasteiger partial charge is 0.165 e. The lowest BCUT2D eigenvalue weighted by atomic mass is 10.0. The van der Waals surface area contributed by atoms with Crippen LogP contribution in [0.4, 0.5) is 0 Å². The quantitative estimate of drug-likeness (QED) is 0.747. The summed E-state index contributed by atoms with van der Waals surface area (Å²) in [5.74, 6) is -0.122. The Bertz CT molecular complexity index is 1110. The van der Waals surface area contributed by atoms with Crippen LogP contribution in [0.1, 0.15) is 31.2 Å². The molecule has 1 atom stereocenters. The van der Waals surface area contributed by atoms with Crippen molar-refractivity contribution >= 4 is 50.2 Å². The fourth-order valence-corrected chi connectivity index (χ4v) is 6.55. The van der Waals surface area contributed by atoms with Crippen LogP contribution < -0.4 is 5.73 Å². The van der Waals surface area contributed by atoms with E-state index in [1.807, 2.05) is 0 Å². The molecule has 0 spiro atoms. The third kappa shape index (κ3) is 3.36. The van der Waals surface area contributed by atoms with Gasteiger partial charge in [0.1, 0.15) is 16.1 Å². The summed E-state index contributed by atoms with van der Waals surface area (Å²) in [6.45, 7) is 4.82. The minimum atomic E-state index is -3.53. The molecule has 0 fully saturated rings. The molecule has 5 nitrogen and oxygen atoms in total. The van der Waals surface area contributed by atoms with Crippen LogP contribution in [0, 0.1) is 11.3 Å². The lowest BCUT2D eigenvalue weighted by Gasteiger charge is -2.37. The Labute approximate surface area is 172 Å². The molecule has 0 saturated heterocycles. The molecular formula is C18H17Cl2N3O2S2. The van der Waals surface area contributed by atoms with Gasteiger partial charge >= 0.3 is 0 Å². The summed E-state index contributed by atoms with van der Waals surface area (Å²) < 4.78 is 24.3. The number of thiophene rings is 1. The first-order valence-electron chi connectivity index (χ1n) is 7.98. The van der Waals surface area contributed by atoms with E-state index in [0.29, 0.717) is 20.5 Å². The Morgan fingerprint density at radius 3 is 2.48 bits per heavy atom. The molecule has 0 aliphatic carbocycles. The van der Waals surface area contributed by atoms with Crippen LogP contribution in [0.2, 0.25) is 10.0 Å². The standard InChI is InChI=1S/C18H17Cl2N3O2S2/c1-17(2)16(22)23-18(3,9-27(17,24)25)15-13(20)7-14(26-15)11-4-10(8-21)5-12(19)6-11/h4-7H,9H2,1-3H3,(H2,22,23). The third-order valence-electron chi connectivity index (χ3n) is 4.72. The molecule has 1 aromatic heterocycles. The van der Waals surface area contributed by atoms with E-state index >= 15 is 0 Å². The number of aliphatic imine (C=N–C) groups is 1. The molecule has 1 unspecified atom stereocenters. The number of nitriles is 1. The van der Waals surface area contributed by atoms with Crippen LogP contribution in [0.3, 0.4) is 0 Å². The van der Waals surface area contributed by atoms with Crippen LogP contribution >= 0.6 is 34.5 Å². The molecule has 1 aromatic carbocycles. The number of rotatable bonds is 2. The molecule has 9 heteroatoms. The van der Waals surface area contributed by atoms with E-state index in [9.17, 15) is 8.42 Å². The Hall–Kier alpha value is -1.59. The minimum Gasteiger partial charge on any atom is -0.386 e. The number of amidine groups is 1. The SMILES string of the molecule is CC1(c2sc(-c3cc(Cl)cc(C#N)c3)cc2Cl)CS(=O)(=O)C(C)(C)C(N)=N1. The van der Waals surface area contributed by atoms with Crippen molar-refractivity contribution in [3.05, 3.63) is 44.8 Å². The lowest BCUT2D eigenvalue weighted by molar-refractivity contribution is 0.507. The number of hydrogen-bond acceptors (Lipinski definition) is 6. The highest BCUT2D eigenvalue weighted by Crippen LogP contribution is 2.46. The summed E-state index contributed by atoms with van der Waals surface area (Å²) >= 11 is 13.9. The number of sulfone groups is 1. The van der Waals surface area contributed by atoms with Crippen molar-refractivity contribution in [1.82, 2.24) is 0 Å². The van der Waals surface area contributed by atoms with Crippen molar-refractivity contribution < 1.29 is 8.42 Å². The lowest BCUT2D eigenvalue weighted by Crippen LogP contribution is -2.54. The van der Waals surface area contributed by atoms with Gasteiger partial charge < -0.3 is 5.73 Å². The zero-order valence-electron chi connectivity index (χ0n) is 14.9. The van der Waals surface area contributed by atoms with Crippen LogP contribution in [0.25, 0.3) is 10.4 Å². The molecule has 2 aromatic rings.